The van der Waals surface area contributed by atoms with Gasteiger partial charge in [0.05, 0.1) is 0 Å². The van der Waals surface area contributed by atoms with E-state index in [4.69, 9.17) is 0 Å². The molecular formula is C9H17ClO. The molecular weight excluding hydrogens is 160 g/mol. The lowest BCUT2D eigenvalue weighted by Gasteiger charge is -1.89. The number of rotatable bonds is 5. The molecule has 0 spiro atoms. The molecule has 0 atom stereocenters. The van der Waals surface area contributed by atoms with E-state index in [-0.39, 0.29) is 18.2 Å². The average molecular weight is 177 g/mol. The van der Waals surface area contributed by atoms with Crippen molar-refractivity contribution in [2.24, 2.45) is 0 Å². The largest absolute Gasteiger partial charge is 0.295 e. The van der Waals surface area contributed by atoms with Crippen LogP contribution in [0.4, 0.5) is 0 Å². The molecule has 0 aromatic heterocycles. The molecule has 0 saturated carbocycles. The van der Waals surface area contributed by atoms with Crippen molar-refractivity contribution in [2.75, 3.05) is 0 Å². The van der Waals surface area contributed by atoms with Crippen molar-refractivity contribution in [3.05, 3.63) is 12.2 Å². The summed E-state index contributed by atoms with van der Waals surface area (Å²) in [6.45, 7) is 3.75. The summed E-state index contributed by atoms with van der Waals surface area (Å²) in [7, 11) is 0. The molecule has 0 radical (unpaired) electrons. The van der Waals surface area contributed by atoms with Crippen LogP contribution < -0.4 is 0 Å². The molecule has 0 bridgehead atoms. The van der Waals surface area contributed by atoms with Gasteiger partial charge in [0.1, 0.15) is 0 Å². The molecule has 1 nitrogen and oxygen atoms in total. The van der Waals surface area contributed by atoms with E-state index < -0.39 is 0 Å². The van der Waals surface area contributed by atoms with Crippen LogP contribution in [0.3, 0.4) is 0 Å². The lowest BCUT2D eigenvalue weighted by molar-refractivity contribution is -0.112. The van der Waals surface area contributed by atoms with Gasteiger partial charge < -0.3 is 0 Å². The first-order chi connectivity index (χ1) is 4.77. The Balaban J connectivity index is 0. The van der Waals surface area contributed by atoms with Crippen molar-refractivity contribution in [2.45, 2.75) is 39.5 Å². The minimum atomic E-state index is 0. The first kappa shape index (κ1) is 13.3. The zero-order valence-corrected chi connectivity index (χ0v) is 8.12. The molecule has 0 rings (SSSR count). The van der Waals surface area contributed by atoms with Gasteiger partial charge in [0.2, 0.25) is 0 Å². The topological polar surface area (TPSA) is 17.1 Å². The molecule has 0 aliphatic heterocycles. The van der Waals surface area contributed by atoms with Crippen molar-refractivity contribution in [1.29, 1.82) is 0 Å². The Morgan fingerprint density at radius 2 is 2.00 bits per heavy atom. The maximum Gasteiger partial charge on any atom is 0.152 e. The number of unbranched alkanes of at least 4 members (excludes halogenated alkanes) is 3. The number of allylic oxidation sites excluding steroid dienone is 2. The van der Waals surface area contributed by atoms with Crippen LogP contribution in [-0.4, -0.2) is 5.78 Å². The molecule has 0 aromatic carbocycles. The van der Waals surface area contributed by atoms with Gasteiger partial charge in [0, 0.05) is 0 Å². The Bertz CT molecular complexity index is 119. The van der Waals surface area contributed by atoms with Crippen molar-refractivity contribution in [1.82, 2.24) is 0 Å². The zero-order valence-electron chi connectivity index (χ0n) is 7.30. The van der Waals surface area contributed by atoms with Gasteiger partial charge in [-0.05, 0) is 25.8 Å². The maximum absolute atomic E-state index is 10.4. The first-order valence-corrected chi connectivity index (χ1v) is 3.94. The number of carbonyl (C=O) groups excluding carboxylic acids is 1. The van der Waals surface area contributed by atoms with Gasteiger partial charge in [0.15, 0.2) is 5.78 Å². The van der Waals surface area contributed by atoms with Crippen LogP contribution in [0.5, 0.6) is 0 Å². The van der Waals surface area contributed by atoms with Crippen molar-refractivity contribution in [3.8, 4) is 0 Å². The van der Waals surface area contributed by atoms with Gasteiger partial charge >= 0.3 is 0 Å². The van der Waals surface area contributed by atoms with Crippen molar-refractivity contribution < 1.29 is 4.79 Å². The standard InChI is InChI=1S/C9H16O.ClH/c1-3-4-5-6-7-8-9(2)10;/h7-8H,3-6H2,1-2H3;1H. The molecule has 66 valence electrons. The van der Waals surface area contributed by atoms with Crippen LogP contribution >= 0.6 is 12.4 Å². The van der Waals surface area contributed by atoms with Crippen LogP contribution in [-0.2, 0) is 4.79 Å². The Hall–Kier alpha value is -0.300. The highest BCUT2D eigenvalue weighted by atomic mass is 35.5. The van der Waals surface area contributed by atoms with E-state index in [9.17, 15) is 4.79 Å². The number of ketones is 1. The minimum Gasteiger partial charge on any atom is -0.295 e. The van der Waals surface area contributed by atoms with E-state index >= 15 is 0 Å². The summed E-state index contributed by atoms with van der Waals surface area (Å²) in [6, 6.07) is 0. The van der Waals surface area contributed by atoms with Gasteiger partial charge in [0.25, 0.3) is 0 Å². The SMILES string of the molecule is CCCCCC=CC(C)=O.Cl. The van der Waals surface area contributed by atoms with Crippen LogP contribution in [0.15, 0.2) is 12.2 Å². The lowest BCUT2D eigenvalue weighted by Crippen LogP contribution is -1.79. The van der Waals surface area contributed by atoms with E-state index in [2.05, 4.69) is 6.92 Å². The van der Waals surface area contributed by atoms with Crippen molar-refractivity contribution >= 4 is 18.2 Å². The first-order valence-electron chi connectivity index (χ1n) is 3.94. The van der Waals surface area contributed by atoms with Crippen LogP contribution in [0, 0.1) is 0 Å². The van der Waals surface area contributed by atoms with E-state index in [1.165, 1.54) is 19.3 Å². The highest BCUT2D eigenvalue weighted by molar-refractivity contribution is 5.87. The second-order valence-corrected chi connectivity index (χ2v) is 2.51. The molecule has 0 unspecified atom stereocenters. The number of hydrogen-bond donors (Lipinski definition) is 0. The maximum atomic E-state index is 10.4. The van der Waals surface area contributed by atoms with E-state index in [1.54, 1.807) is 13.0 Å². The third kappa shape index (κ3) is 12.8. The minimum absolute atomic E-state index is 0. The van der Waals surface area contributed by atoms with Gasteiger partial charge in [-0.3, -0.25) is 4.79 Å². The van der Waals surface area contributed by atoms with Crippen LogP contribution in [0.2, 0.25) is 0 Å². The molecule has 11 heavy (non-hydrogen) atoms. The Kier molecular flexibility index (Phi) is 11.7. The molecule has 0 aromatic rings. The zero-order chi connectivity index (χ0) is 7.82. The normalized spacial score (nSPS) is 9.64. The molecule has 0 fully saturated rings. The second-order valence-electron chi connectivity index (χ2n) is 2.51. The molecule has 0 heterocycles. The predicted octanol–water partition coefficient (Wildman–Crippen LogP) is 3.13. The highest BCUT2D eigenvalue weighted by Gasteiger charge is 1.83. The number of carbonyl (C=O) groups is 1. The van der Waals surface area contributed by atoms with Gasteiger partial charge in [-0.1, -0.05) is 25.8 Å². The van der Waals surface area contributed by atoms with E-state index in [0.29, 0.717) is 0 Å². The molecule has 2 heteroatoms. The summed E-state index contributed by atoms with van der Waals surface area (Å²) >= 11 is 0. The number of hydrogen-bond acceptors (Lipinski definition) is 1. The summed E-state index contributed by atoms with van der Waals surface area (Å²) in [6.07, 6.45) is 8.37. The number of halogens is 1. The van der Waals surface area contributed by atoms with Crippen LogP contribution in [0.1, 0.15) is 39.5 Å². The summed E-state index contributed by atoms with van der Waals surface area (Å²) in [5.74, 6) is 0.150. The van der Waals surface area contributed by atoms with Crippen LogP contribution in [0.25, 0.3) is 0 Å². The Labute approximate surface area is 75.3 Å². The molecule has 0 aliphatic rings. The third-order valence-corrected chi connectivity index (χ3v) is 1.33. The van der Waals surface area contributed by atoms with Crippen molar-refractivity contribution in [3.63, 3.8) is 0 Å². The fourth-order valence-corrected chi connectivity index (χ4v) is 0.761. The van der Waals surface area contributed by atoms with Gasteiger partial charge in [-0.15, -0.1) is 12.4 Å². The molecule has 0 aliphatic carbocycles. The Morgan fingerprint density at radius 3 is 2.45 bits per heavy atom. The summed E-state index contributed by atoms with van der Waals surface area (Å²) in [5.41, 5.74) is 0. The molecule has 0 amide bonds. The lowest BCUT2D eigenvalue weighted by atomic mass is 10.2. The molecule has 0 N–H and O–H groups in total. The van der Waals surface area contributed by atoms with E-state index in [1.807, 2.05) is 6.08 Å². The second kappa shape index (κ2) is 9.70. The highest BCUT2D eigenvalue weighted by Crippen LogP contribution is 1.99. The fraction of sp³-hybridized carbons (Fsp3) is 0.667. The van der Waals surface area contributed by atoms with Gasteiger partial charge in [-0.25, -0.2) is 0 Å². The Morgan fingerprint density at radius 1 is 1.36 bits per heavy atom. The summed E-state index contributed by atoms with van der Waals surface area (Å²) in [4.78, 5) is 10.4. The summed E-state index contributed by atoms with van der Waals surface area (Å²) in [5, 5.41) is 0. The average Bonchev–Trinajstić information content (AvgIpc) is 1.87. The summed E-state index contributed by atoms with van der Waals surface area (Å²) < 4.78 is 0. The monoisotopic (exact) mass is 176 g/mol. The van der Waals surface area contributed by atoms with E-state index in [0.717, 1.165) is 6.42 Å². The molecule has 0 saturated heterocycles. The smallest absolute Gasteiger partial charge is 0.152 e. The quantitative estimate of drug-likeness (QED) is 0.465. The van der Waals surface area contributed by atoms with Gasteiger partial charge in [-0.2, -0.15) is 0 Å². The predicted molar refractivity (Wildman–Crippen MR) is 51.2 cm³/mol. The fourth-order valence-electron chi connectivity index (χ4n) is 0.761. The third-order valence-electron chi connectivity index (χ3n) is 1.33.